The average molecular weight is 484 g/mol. The molecule has 0 aliphatic carbocycles. The molecule has 2 fully saturated rings. The zero-order valence-corrected chi connectivity index (χ0v) is 20.0. The van der Waals surface area contributed by atoms with Crippen LogP contribution in [-0.2, 0) is 11.0 Å². The number of nitrogens with one attached hydrogen (secondary N) is 1. The number of nitrogens with zero attached hydrogens (tertiary/aromatic N) is 4. The van der Waals surface area contributed by atoms with Gasteiger partial charge in [0.2, 0.25) is 5.91 Å². The Morgan fingerprint density at radius 1 is 1.09 bits per heavy atom. The van der Waals surface area contributed by atoms with Crippen molar-refractivity contribution in [3.63, 3.8) is 0 Å². The number of carbonyl (C=O) groups is 1. The van der Waals surface area contributed by atoms with Crippen molar-refractivity contribution in [2.24, 2.45) is 0 Å². The molecule has 5 rings (SSSR count). The van der Waals surface area contributed by atoms with Gasteiger partial charge in [0.05, 0.1) is 17.3 Å². The van der Waals surface area contributed by atoms with Gasteiger partial charge in [-0.2, -0.15) is 18.3 Å². The molecular formula is C26H28F3N5O. The van der Waals surface area contributed by atoms with E-state index < -0.39 is 17.8 Å². The normalized spacial score (nSPS) is 19.3. The maximum Gasteiger partial charge on any atom is 0.416 e. The Morgan fingerprint density at radius 3 is 2.66 bits per heavy atom. The third-order valence-electron chi connectivity index (χ3n) is 7.31. The van der Waals surface area contributed by atoms with E-state index >= 15 is 0 Å². The number of hydrogen-bond acceptors (Lipinski definition) is 5. The van der Waals surface area contributed by atoms with Crippen LogP contribution in [-0.4, -0.2) is 46.7 Å². The van der Waals surface area contributed by atoms with Gasteiger partial charge < -0.3 is 15.1 Å². The van der Waals surface area contributed by atoms with Crippen molar-refractivity contribution in [2.45, 2.75) is 51.9 Å². The number of aryl methyl sites for hydroxylation is 1. The lowest BCUT2D eigenvalue weighted by molar-refractivity contribution is -0.138. The van der Waals surface area contributed by atoms with E-state index in [9.17, 15) is 18.0 Å². The number of alkyl halides is 3. The second-order valence-corrected chi connectivity index (χ2v) is 9.47. The Kier molecular flexibility index (Phi) is 5.81. The zero-order chi connectivity index (χ0) is 24.9. The number of anilines is 2. The van der Waals surface area contributed by atoms with Gasteiger partial charge in [-0.05, 0) is 56.5 Å². The van der Waals surface area contributed by atoms with Crippen LogP contribution >= 0.6 is 0 Å². The van der Waals surface area contributed by atoms with Crippen LogP contribution in [0, 0.1) is 13.8 Å². The summed E-state index contributed by atoms with van der Waals surface area (Å²) in [6, 6.07) is 10.2. The summed E-state index contributed by atoms with van der Waals surface area (Å²) < 4.78 is 40.3. The molecule has 0 saturated carbocycles. The van der Waals surface area contributed by atoms with Crippen molar-refractivity contribution < 1.29 is 18.0 Å². The van der Waals surface area contributed by atoms with E-state index in [1.165, 1.54) is 13.0 Å². The van der Waals surface area contributed by atoms with E-state index in [0.29, 0.717) is 24.3 Å². The molecule has 0 bridgehead atoms. The van der Waals surface area contributed by atoms with Crippen LogP contribution in [0.4, 0.5) is 24.7 Å². The van der Waals surface area contributed by atoms with Gasteiger partial charge in [0.15, 0.2) is 5.82 Å². The van der Waals surface area contributed by atoms with E-state index in [4.69, 9.17) is 0 Å². The highest BCUT2D eigenvalue weighted by Crippen LogP contribution is 2.36. The molecule has 6 nitrogen and oxygen atoms in total. The molecule has 1 unspecified atom stereocenters. The lowest BCUT2D eigenvalue weighted by Gasteiger charge is -2.39. The summed E-state index contributed by atoms with van der Waals surface area (Å²) in [7, 11) is 0. The van der Waals surface area contributed by atoms with Crippen molar-refractivity contribution in [3.05, 3.63) is 58.8 Å². The number of halogens is 3. The Bertz CT molecular complexity index is 1290. The smallest absolute Gasteiger partial charge is 0.368 e. The minimum absolute atomic E-state index is 0.203. The van der Waals surface area contributed by atoms with Gasteiger partial charge in [-0.3, -0.25) is 4.79 Å². The van der Waals surface area contributed by atoms with E-state index in [-0.39, 0.29) is 17.5 Å². The number of amides is 1. The number of hydrogen-bond donors (Lipinski definition) is 1. The van der Waals surface area contributed by atoms with Gasteiger partial charge in [0.1, 0.15) is 0 Å². The number of piperazine rings is 1. The molecule has 2 aliphatic rings. The SMILES string of the molecule is Cc1c([C@@H](C)Nc2nnc(C)c3ccc(N4CCN5C(=O)CCC5C4)cc23)cccc1C(F)(F)F. The maximum absolute atomic E-state index is 13.4. The number of rotatable bonds is 4. The highest BCUT2D eigenvalue weighted by molar-refractivity contribution is 5.95. The fourth-order valence-corrected chi connectivity index (χ4v) is 5.39. The highest BCUT2D eigenvalue weighted by Gasteiger charge is 2.36. The van der Waals surface area contributed by atoms with Gasteiger partial charge in [-0.1, -0.05) is 18.2 Å². The van der Waals surface area contributed by atoms with E-state index in [1.807, 2.05) is 24.8 Å². The topological polar surface area (TPSA) is 61.4 Å². The summed E-state index contributed by atoms with van der Waals surface area (Å²) >= 11 is 0. The van der Waals surface area contributed by atoms with Gasteiger partial charge >= 0.3 is 6.18 Å². The van der Waals surface area contributed by atoms with Crippen LogP contribution in [0.1, 0.15) is 48.2 Å². The van der Waals surface area contributed by atoms with E-state index in [1.54, 1.807) is 6.07 Å². The number of benzene rings is 2. The lowest BCUT2D eigenvalue weighted by Crippen LogP contribution is -2.51. The fraction of sp³-hybridized carbons (Fsp3) is 0.423. The summed E-state index contributed by atoms with van der Waals surface area (Å²) in [6.07, 6.45) is -2.90. The van der Waals surface area contributed by atoms with Gasteiger partial charge in [0.25, 0.3) is 0 Å². The number of fused-ring (bicyclic) bond motifs is 2. The van der Waals surface area contributed by atoms with Crippen molar-refractivity contribution in [1.29, 1.82) is 0 Å². The third-order valence-corrected chi connectivity index (χ3v) is 7.31. The first-order chi connectivity index (χ1) is 16.6. The van der Waals surface area contributed by atoms with Crippen LogP contribution in [0.15, 0.2) is 36.4 Å². The summed E-state index contributed by atoms with van der Waals surface area (Å²) in [4.78, 5) is 16.3. The first-order valence-corrected chi connectivity index (χ1v) is 11.9. The van der Waals surface area contributed by atoms with Gasteiger partial charge in [-0.25, -0.2) is 0 Å². The number of carbonyl (C=O) groups excluding carboxylic acids is 1. The quantitative estimate of drug-likeness (QED) is 0.549. The second kappa shape index (κ2) is 8.70. The first-order valence-electron chi connectivity index (χ1n) is 11.9. The molecule has 1 aromatic heterocycles. The monoisotopic (exact) mass is 483 g/mol. The minimum atomic E-state index is -4.40. The maximum atomic E-state index is 13.4. The van der Waals surface area contributed by atoms with Gasteiger partial charge in [0, 0.05) is 48.6 Å². The highest BCUT2D eigenvalue weighted by atomic mass is 19.4. The molecule has 1 N–H and O–H groups in total. The largest absolute Gasteiger partial charge is 0.416 e. The molecule has 35 heavy (non-hydrogen) atoms. The average Bonchev–Trinajstić information content (AvgIpc) is 3.20. The van der Waals surface area contributed by atoms with Crippen LogP contribution < -0.4 is 10.2 Å². The summed E-state index contributed by atoms with van der Waals surface area (Å²) in [5.74, 6) is 0.774. The molecule has 3 heterocycles. The lowest BCUT2D eigenvalue weighted by atomic mass is 9.97. The molecular weight excluding hydrogens is 455 g/mol. The summed E-state index contributed by atoms with van der Waals surface area (Å²) in [6.45, 7) is 7.48. The molecule has 0 spiro atoms. The van der Waals surface area contributed by atoms with Crippen LogP contribution in [0.3, 0.4) is 0 Å². The van der Waals surface area contributed by atoms with Crippen molar-refractivity contribution in [1.82, 2.24) is 15.1 Å². The molecule has 2 aliphatic heterocycles. The Balaban J connectivity index is 1.46. The van der Waals surface area contributed by atoms with Crippen LogP contribution in [0.5, 0.6) is 0 Å². The molecule has 184 valence electrons. The van der Waals surface area contributed by atoms with E-state index in [2.05, 4.69) is 32.5 Å². The predicted octanol–water partition coefficient (Wildman–Crippen LogP) is 5.25. The van der Waals surface area contributed by atoms with Crippen LogP contribution in [0.25, 0.3) is 10.8 Å². The molecule has 2 saturated heterocycles. The molecule has 2 aromatic carbocycles. The Labute approximate surface area is 202 Å². The predicted molar refractivity (Wildman–Crippen MR) is 129 cm³/mol. The second-order valence-electron chi connectivity index (χ2n) is 9.47. The fourth-order valence-electron chi connectivity index (χ4n) is 5.39. The van der Waals surface area contributed by atoms with Crippen molar-refractivity contribution >= 4 is 28.2 Å². The molecule has 3 aromatic rings. The Hall–Kier alpha value is -3.36. The molecule has 9 heteroatoms. The molecule has 2 atom stereocenters. The van der Waals surface area contributed by atoms with Crippen molar-refractivity contribution in [3.8, 4) is 0 Å². The first kappa shape index (κ1) is 23.4. The number of aromatic nitrogens is 2. The third kappa shape index (κ3) is 4.28. The van der Waals surface area contributed by atoms with Crippen molar-refractivity contribution in [2.75, 3.05) is 29.9 Å². The van der Waals surface area contributed by atoms with Crippen LogP contribution in [0.2, 0.25) is 0 Å². The minimum Gasteiger partial charge on any atom is -0.368 e. The molecule has 0 radical (unpaired) electrons. The zero-order valence-electron chi connectivity index (χ0n) is 20.0. The Morgan fingerprint density at radius 2 is 1.89 bits per heavy atom. The van der Waals surface area contributed by atoms with E-state index in [0.717, 1.165) is 47.7 Å². The standard InChI is InChI=1S/C26H28F3N5O/c1-15-20(5-4-6-23(15)26(27,28)29)16(2)30-25-22-13-18(7-9-21(22)17(3)31-32-25)33-11-12-34-19(14-33)8-10-24(34)35/h4-7,9,13,16,19H,8,10-12,14H2,1-3H3,(H,30,32)/t16-,19?/m1/s1. The summed E-state index contributed by atoms with van der Waals surface area (Å²) in [5.41, 5.74) is 1.96. The molecule has 1 amide bonds. The summed E-state index contributed by atoms with van der Waals surface area (Å²) in [5, 5.41) is 13.8. The van der Waals surface area contributed by atoms with Gasteiger partial charge in [-0.15, -0.1) is 5.10 Å².